The molecule has 2 aliphatic heterocycles. The second-order valence-corrected chi connectivity index (χ2v) is 19.3. The third-order valence-corrected chi connectivity index (χ3v) is 13.4. The van der Waals surface area contributed by atoms with Crippen LogP contribution in [0.1, 0.15) is 52.7 Å². The van der Waals surface area contributed by atoms with E-state index in [9.17, 15) is 0 Å². The lowest BCUT2D eigenvalue weighted by molar-refractivity contribution is 0.477. The van der Waals surface area contributed by atoms with Crippen molar-refractivity contribution in [1.82, 2.24) is 0 Å². The van der Waals surface area contributed by atoms with Gasteiger partial charge < -0.3 is 19.3 Å². The van der Waals surface area contributed by atoms with Crippen LogP contribution in [-0.4, -0.2) is 0 Å². The Morgan fingerprint density at radius 3 is 1.00 bits per heavy atom. The molecule has 0 radical (unpaired) electrons. The monoisotopic (exact) mass is 810 g/mol. The maximum Gasteiger partial charge on any atom is 0.151 e. The predicted molar refractivity (Wildman–Crippen MR) is 257 cm³/mol. The number of nitrogens with zero attached hydrogens (tertiary/aromatic N) is 2. The van der Waals surface area contributed by atoms with Crippen LogP contribution < -0.4 is 19.3 Å². The van der Waals surface area contributed by atoms with Gasteiger partial charge in [0.1, 0.15) is 0 Å². The van der Waals surface area contributed by atoms with Gasteiger partial charge in [-0.3, -0.25) is 0 Å². The Balaban J connectivity index is 1.06. The first-order chi connectivity index (χ1) is 29.5. The van der Waals surface area contributed by atoms with E-state index in [4.69, 9.17) is 9.47 Å². The Labute approximate surface area is 361 Å². The summed E-state index contributed by atoms with van der Waals surface area (Å²) in [6.07, 6.45) is 0. The van der Waals surface area contributed by atoms with E-state index >= 15 is 0 Å². The first-order valence-corrected chi connectivity index (χ1v) is 21.9. The summed E-state index contributed by atoms with van der Waals surface area (Å²) in [5.41, 5.74) is 13.8. The highest BCUT2D eigenvalue weighted by Crippen LogP contribution is 2.53. The van der Waals surface area contributed by atoms with Crippen LogP contribution in [0, 0.1) is 0 Å². The molecule has 8 aromatic carbocycles. The van der Waals surface area contributed by atoms with Gasteiger partial charge in [-0.15, -0.1) is 11.3 Å². The van der Waals surface area contributed by atoms with Crippen molar-refractivity contribution in [3.63, 3.8) is 0 Å². The zero-order valence-corrected chi connectivity index (χ0v) is 36.1. The largest absolute Gasteiger partial charge is 0.453 e. The molecule has 0 unspecified atom stereocenters. The van der Waals surface area contributed by atoms with E-state index in [0.717, 1.165) is 57.1 Å². The quantitative estimate of drug-likeness (QED) is 0.177. The summed E-state index contributed by atoms with van der Waals surface area (Å²) in [5, 5.41) is 2.63. The van der Waals surface area contributed by atoms with Crippen LogP contribution >= 0.6 is 11.3 Å². The molecule has 11 rings (SSSR count). The summed E-state index contributed by atoms with van der Waals surface area (Å²) in [5.74, 6) is 3.41. The standard InChI is InChI=1S/C56H46N2O2S/c1-55(2,3)37-31-41(35-23-27-39(28-24-35)57-45-15-7-11-19-49(45)59-50-20-12-8-16-46(50)57)53-43(33-37)44-34-38(56(4,5)6)32-42(54(44)61-53)36-25-29-40(30-26-36)58-47-17-9-13-21-51(47)60-52-22-14-10-18-48(52)58/h7-34H,1-6H3. The molecule has 0 N–H and O–H groups in total. The second kappa shape index (κ2) is 13.9. The van der Waals surface area contributed by atoms with Crippen LogP contribution in [0.25, 0.3) is 42.4 Å². The third kappa shape index (κ3) is 6.26. The number of rotatable bonds is 4. The van der Waals surface area contributed by atoms with Crippen molar-refractivity contribution in [2.24, 2.45) is 0 Å². The van der Waals surface area contributed by atoms with Crippen molar-refractivity contribution < 1.29 is 9.47 Å². The van der Waals surface area contributed by atoms with E-state index in [1.165, 1.54) is 53.6 Å². The van der Waals surface area contributed by atoms with Crippen LogP contribution in [0.5, 0.6) is 23.0 Å². The van der Waals surface area contributed by atoms with Crippen LogP contribution in [0.15, 0.2) is 170 Å². The van der Waals surface area contributed by atoms with Crippen LogP contribution in [0.2, 0.25) is 0 Å². The normalized spacial score (nSPS) is 13.3. The smallest absolute Gasteiger partial charge is 0.151 e. The van der Waals surface area contributed by atoms with E-state index in [1.54, 1.807) is 0 Å². The van der Waals surface area contributed by atoms with Gasteiger partial charge in [0.25, 0.3) is 0 Å². The van der Waals surface area contributed by atoms with E-state index in [1.807, 2.05) is 59.9 Å². The summed E-state index contributed by atoms with van der Waals surface area (Å²) < 4.78 is 15.3. The van der Waals surface area contributed by atoms with Crippen molar-refractivity contribution >= 4 is 65.6 Å². The van der Waals surface area contributed by atoms with Gasteiger partial charge in [0.15, 0.2) is 23.0 Å². The van der Waals surface area contributed by atoms with Gasteiger partial charge in [-0.1, -0.05) is 114 Å². The molecule has 0 saturated carbocycles. The van der Waals surface area contributed by atoms with Gasteiger partial charge in [0.2, 0.25) is 0 Å². The first kappa shape index (κ1) is 37.2. The molecule has 0 atom stereocenters. The number of fused-ring (bicyclic) bond motifs is 7. The summed E-state index contributed by atoms with van der Waals surface area (Å²) in [7, 11) is 0. The summed E-state index contributed by atoms with van der Waals surface area (Å²) in [4.78, 5) is 4.61. The lowest BCUT2D eigenvalue weighted by atomic mass is 9.82. The molecule has 0 amide bonds. The van der Waals surface area contributed by atoms with Crippen molar-refractivity contribution in [3.05, 3.63) is 181 Å². The van der Waals surface area contributed by atoms with E-state index < -0.39 is 0 Å². The number of para-hydroxylation sites is 8. The van der Waals surface area contributed by atoms with Gasteiger partial charge in [-0.25, -0.2) is 0 Å². The Bertz CT molecular complexity index is 2860. The maximum absolute atomic E-state index is 6.33. The SMILES string of the molecule is CC(C)(C)c1cc(-c2ccc(N3c4ccccc4Oc4ccccc43)cc2)c2sc3c(-c4ccc(N5c6ccccc6Oc6ccccc65)cc4)cc(C(C)(C)C)cc3c2c1. The fourth-order valence-corrected chi connectivity index (χ4v) is 10.2. The molecule has 61 heavy (non-hydrogen) atoms. The number of hydrogen-bond acceptors (Lipinski definition) is 5. The maximum atomic E-state index is 6.33. The van der Waals surface area contributed by atoms with Crippen molar-refractivity contribution in [1.29, 1.82) is 0 Å². The molecule has 0 saturated heterocycles. The van der Waals surface area contributed by atoms with Crippen molar-refractivity contribution in [2.75, 3.05) is 9.80 Å². The highest BCUT2D eigenvalue weighted by atomic mass is 32.1. The molecule has 298 valence electrons. The van der Waals surface area contributed by atoms with E-state index in [0.29, 0.717) is 0 Å². The average molecular weight is 811 g/mol. The summed E-state index contributed by atoms with van der Waals surface area (Å²) in [6.45, 7) is 13.9. The Morgan fingerprint density at radius 2 is 0.689 bits per heavy atom. The molecule has 9 aromatic rings. The van der Waals surface area contributed by atoms with Crippen LogP contribution in [0.3, 0.4) is 0 Å². The van der Waals surface area contributed by atoms with E-state index in [-0.39, 0.29) is 10.8 Å². The minimum absolute atomic E-state index is 0.0462. The summed E-state index contributed by atoms with van der Waals surface area (Å²) >= 11 is 1.92. The molecule has 5 heteroatoms. The Hall–Kier alpha value is -6.82. The molecular formula is C56H46N2O2S. The molecule has 3 heterocycles. The number of benzene rings is 8. The van der Waals surface area contributed by atoms with Gasteiger partial charge in [-0.05, 0) is 141 Å². The third-order valence-electron chi connectivity index (χ3n) is 12.1. The summed E-state index contributed by atoms with van der Waals surface area (Å²) in [6, 6.07) is 61.1. The van der Waals surface area contributed by atoms with Crippen molar-refractivity contribution in [2.45, 2.75) is 52.4 Å². The number of anilines is 6. The van der Waals surface area contributed by atoms with Crippen LogP contribution in [0.4, 0.5) is 34.1 Å². The molecule has 0 aliphatic carbocycles. The van der Waals surface area contributed by atoms with Crippen molar-refractivity contribution in [3.8, 4) is 45.3 Å². The minimum Gasteiger partial charge on any atom is -0.453 e. The molecule has 0 fully saturated rings. The van der Waals surface area contributed by atoms with E-state index in [2.05, 4.69) is 173 Å². The highest BCUT2D eigenvalue weighted by molar-refractivity contribution is 7.26. The number of ether oxygens (including phenoxy) is 2. The first-order valence-electron chi connectivity index (χ1n) is 21.1. The van der Waals surface area contributed by atoms with Gasteiger partial charge in [0.05, 0.1) is 22.7 Å². The van der Waals surface area contributed by atoms with Gasteiger partial charge in [0, 0.05) is 31.5 Å². The number of hydrogen-bond donors (Lipinski definition) is 0. The molecule has 0 spiro atoms. The lowest BCUT2D eigenvalue weighted by Gasteiger charge is -2.32. The zero-order valence-electron chi connectivity index (χ0n) is 35.3. The molecule has 4 nitrogen and oxygen atoms in total. The second-order valence-electron chi connectivity index (χ2n) is 18.2. The minimum atomic E-state index is -0.0462. The number of thiophene rings is 1. The molecule has 0 bridgehead atoms. The molecule has 1 aromatic heterocycles. The fraction of sp³-hybridized carbons (Fsp3) is 0.143. The molecule has 2 aliphatic rings. The predicted octanol–water partition coefficient (Wildman–Crippen LogP) is 17.1. The topological polar surface area (TPSA) is 24.9 Å². The fourth-order valence-electron chi connectivity index (χ4n) is 8.82. The van der Waals surface area contributed by atoms with Gasteiger partial charge >= 0.3 is 0 Å². The van der Waals surface area contributed by atoms with Crippen LogP contribution in [-0.2, 0) is 10.8 Å². The Kier molecular flexibility index (Phi) is 8.46. The highest BCUT2D eigenvalue weighted by Gasteiger charge is 2.28. The van der Waals surface area contributed by atoms with Gasteiger partial charge in [-0.2, -0.15) is 0 Å². The zero-order chi connectivity index (χ0) is 41.6. The average Bonchev–Trinajstić information content (AvgIpc) is 3.65. The lowest BCUT2D eigenvalue weighted by Crippen LogP contribution is -2.15. The molecular weight excluding hydrogens is 765 g/mol. The Morgan fingerprint density at radius 1 is 0.377 bits per heavy atom.